The van der Waals surface area contributed by atoms with Crippen molar-refractivity contribution in [2.45, 2.75) is 5.16 Å². The second kappa shape index (κ2) is 7.69. The van der Waals surface area contributed by atoms with Crippen LogP contribution in [-0.4, -0.2) is 21.2 Å². The van der Waals surface area contributed by atoms with E-state index in [-0.39, 0.29) is 11.4 Å². The molecule has 0 aliphatic carbocycles. The van der Waals surface area contributed by atoms with E-state index in [2.05, 4.69) is 20.3 Å². The molecule has 28 heavy (non-hydrogen) atoms. The largest absolute Gasteiger partial charge is 0.457 e. The van der Waals surface area contributed by atoms with Crippen LogP contribution in [0.1, 0.15) is 0 Å². The first-order chi connectivity index (χ1) is 13.6. The lowest BCUT2D eigenvalue weighted by Gasteiger charge is -2.11. The van der Waals surface area contributed by atoms with Gasteiger partial charge in [0.15, 0.2) is 5.16 Å². The Hall–Kier alpha value is -3.39. The lowest BCUT2D eigenvalue weighted by atomic mass is 10.2. The summed E-state index contributed by atoms with van der Waals surface area (Å²) in [5, 5.41) is 4.11. The van der Waals surface area contributed by atoms with Gasteiger partial charge in [-0.05, 0) is 48.7 Å². The summed E-state index contributed by atoms with van der Waals surface area (Å²) in [5.74, 6) is 1.04. The summed E-state index contributed by atoms with van der Waals surface area (Å²) in [6, 6.07) is 14.7. The molecule has 2 aromatic carbocycles. The number of benzene rings is 2. The van der Waals surface area contributed by atoms with Gasteiger partial charge < -0.3 is 15.0 Å². The van der Waals surface area contributed by atoms with E-state index in [0.29, 0.717) is 33.4 Å². The minimum Gasteiger partial charge on any atom is -0.457 e. The molecule has 0 aliphatic rings. The van der Waals surface area contributed by atoms with Crippen LogP contribution in [0.4, 0.5) is 15.9 Å². The lowest BCUT2D eigenvalue weighted by molar-refractivity contribution is 0.477. The van der Waals surface area contributed by atoms with Gasteiger partial charge in [-0.25, -0.2) is 14.4 Å². The fourth-order valence-electron chi connectivity index (χ4n) is 2.66. The van der Waals surface area contributed by atoms with E-state index in [1.807, 2.05) is 6.26 Å². The molecule has 2 aromatic heterocycles. The van der Waals surface area contributed by atoms with Gasteiger partial charge in [0.2, 0.25) is 0 Å². The van der Waals surface area contributed by atoms with Crippen LogP contribution in [0, 0.1) is 5.82 Å². The highest BCUT2D eigenvalue weighted by atomic mass is 32.2. The first kappa shape index (κ1) is 18.0. The summed E-state index contributed by atoms with van der Waals surface area (Å²) in [6.07, 6.45) is 3.43. The summed E-state index contributed by atoms with van der Waals surface area (Å²) in [7, 11) is 0. The molecule has 0 unspecified atom stereocenters. The normalized spacial score (nSPS) is 10.8. The van der Waals surface area contributed by atoms with Gasteiger partial charge in [0.25, 0.3) is 5.56 Å². The van der Waals surface area contributed by atoms with Crippen molar-refractivity contribution in [3.8, 4) is 11.5 Å². The molecule has 6 nitrogen and oxygen atoms in total. The van der Waals surface area contributed by atoms with Crippen LogP contribution in [0.5, 0.6) is 11.5 Å². The summed E-state index contributed by atoms with van der Waals surface area (Å²) in [4.78, 5) is 23.7. The molecule has 4 rings (SSSR count). The number of hydrogen-bond donors (Lipinski definition) is 2. The second-order valence-corrected chi connectivity index (χ2v) is 6.61. The van der Waals surface area contributed by atoms with Gasteiger partial charge in [0.05, 0.1) is 5.52 Å². The van der Waals surface area contributed by atoms with Crippen molar-refractivity contribution in [2.24, 2.45) is 0 Å². The first-order valence-corrected chi connectivity index (χ1v) is 9.59. The molecular formula is C20H15FN4O2S. The molecule has 0 bridgehead atoms. The van der Waals surface area contributed by atoms with Gasteiger partial charge in [-0.1, -0.05) is 17.8 Å². The maximum atomic E-state index is 13.3. The molecule has 0 atom stereocenters. The van der Waals surface area contributed by atoms with E-state index < -0.39 is 0 Å². The van der Waals surface area contributed by atoms with Crippen LogP contribution in [0.3, 0.4) is 0 Å². The zero-order chi connectivity index (χ0) is 19.5. The Morgan fingerprint density at radius 3 is 2.64 bits per heavy atom. The Balaban J connectivity index is 1.62. The molecule has 0 aliphatic heterocycles. The van der Waals surface area contributed by atoms with Crippen LogP contribution in [0.15, 0.2) is 70.7 Å². The van der Waals surface area contributed by atoms with Crippen molar-refractivity contribution in [1.82, 2.24) is 15.0 Å². The topological polar surface area (TPSA) is 79.9 Å². The smallest absolute Gasteiger partial charge is 0.261 e. The minimum atomic E-state index is -0.360. The predicted octanol–water partition coefficient (Wildman–Crippen LogP) is 4.72. The number of pyridine rings is 1. The third-order valence-corrected chi connectivity index (χ3v) is 4.48. The maximum absolute atomic E-state index is 13.3. The van der Waals surface area contributed by atoms with Crippen molar-refractivity contribution < 1.29 is 9.13 Å². The Bertz CT molecular complexity index is 1190. The Kier molecular flexibility index (Phi) is 4.94. The maximum Gasteiger partial charge on any atom is 0.261 e. The number of aromatic amines is 1. The average Bonchev–Trinajstić information content (AvgIpc) is 2.69. The Morgan fingerprint density at radius 1 is 1.07 bits per heavy atom. The number of H-pyrrole nitrogens is 1. The number of ether oxygens (including phenoxy) is 1. The van der Waals surface area contributed by atoms with Crippen LogP contribution < -0.4 is 15.6 Å². The zero-order valence-corrected chi connectivity index (χ0v) is 15.6. The van der Waals surface area contributed by atoms with Gasteiger partial charge >= 0.3 is 0 Å². The van der Waals surface area contributed by atoms with Crippen molar-refractivity contribution in [1.29, 1.82) is 0 Å². The van der Waals surface area contributed by atoms with E-state index in [0.717, 1.165) is 5.69 Å². The fraction of sp³-hybridized carbons (Fsp3) is 0.0500. The number of thioether (sulfide) groups is 1. The van der Waals surface area contributed by atoms with Gasteiger partial charge in [-0.15, -0.1) is 0 Å². The zero-order valence-electron chi connectivity index (χ0n) is 14.8. The number of halogens is 1. The molecular weight excluding hydrogens is 379 g/mol. The third-order valence-electron chi connectivity index (χ3n) is 3.93. The second-order valence-electron chi connectivity index (χ2n) is 5.83. The standard InChI is InChI=1S/C20H15FN4O2S/c1-28-20-24-16-9-10-22-19(26)17(16)18(25-20)23-13-5-7-14(8-6-13)27-15-4-2-3-12(21)11-15/h2-11H,1H3,(H,22,26)(H,23,24,25). The molecule has 0 amide bonds. The average molecular weight is 394 g/mol. The van der Waals surface area contributed by atoms with Crippen LogP contribution in [0.2, 0.25) is 0 Å². The molecule has 2 heterocycles. The first-order valence-electron chi connectivity index (χ1n) is 8.36. The van der Waals surface area contributed by atoms with Crippen molar-refractivity contribution >= 4 is 34.2 Å². The predicted molar refractivity (Wildman–Crippen MR) is 108 cm³/mol. The van der Waals surface area contributed by atoms with E-state index in [1.165, 1.54) is 23.9 Å². The molecule has 4 aromatic rings. The number of nitrogens with zero attached hydrogens (tertiary/aromatic N) is 2. The third kappa shape index (κ3) is 3.81. The molecule has 0 saturated carbocycles. The molecule has 8 heteroatoms. The van der Waals surface area contributed by atoms with E-state index in [1.54, 1.807) is 48.7 Å². The van der Waals surface area contributed by atoms with E-state index in [4.69, 9.17) is 4.74 Å². The summed E-state index contributed by atoms with van der Waals surface area (Å²) < 4.78 is 18.9. The molecule has 0 radical (unpaired) electrons. The van der Waals surface area contributed by atoms with E-state index in [9.17, 15) is 9.18 Å². The molecule has 140 valence electrons. The summed E-state index contributed by atoms with van der Waals surface area (Å²) in [5.41, 5.74) is 1.03. The number of fused-ring (bicyclic) bond motifs is 1. The summed E-state index contributed by atoms with van der Waals surface area (Å²) >= 11 is 1.39. The van der Waals surface area contributed by atoms with Gasteiger partial charge in [0, 0.05) is 18.0 Å². The van der Waals surface area contributed by atoms with Crippen LogP contribution in [-0.2, 0) is 0 Å². The van der Waals surface area contributed by atoms with Gasteiger partial charge in [-0.3, -0.25) is 4.79 Å². The highest BCUT2D eigenvalue weighted by Gasteiger charge is 2.11. The monoisotopic (exact) mass is 394 g/mol. The SMILES string of the molecule is CSc1nc(Nc2ccc(Oc3cccc(F)c3)cc2)c2c(=O)[nH]ccc2n1. The van der Waals surface area contributed by atoms with Crippen molar-refractivity contribution in [3.05, 3.63) is 77.0 Å². The number of rotatable bonds is 5. The van der Waals surface area contributed by atoms with Gasteiger partial charge in [-0.2, -0.15) is 0 Å². The van der Waals surface area contributed by atoms with Crippen molar-refractivity contribution in [3.63, 3.8) is 0 Å². The lowest BCUT2D eigenvalue weighted by Crippen LogP contribution is -2.10. The quantitative estimate of drug-likeness (QED) is 0.377. The highest BCUT2D eigenvalue weighted by Crippen LogP contribution is 2.27. The fourth-order valence-corrected chi connectivity index (χ4v) is 3.03. The van der Waals surface area contributed by atoms with Crippen LogP contribution >= 0.6 is 11.8 Å². The Labute approximate surface area is 163 Å². The van der Waals surface area contributed by atoms with Gasteiger partial charge in [0.1, 0.15) is 28.5 Å². The summed E-state index contributed by atoms with van der Waals surface area (Å²) in [6.45, 7) is 0. The number of hydrogen-bond acceptors (Lipinski definition) is 6. The molecule has 0 fully saturated rings. The number of aromatic nitrogens is 3. The number of anilines is 2. The number of nitrogens with one attached hydrogen (secondary N) is 2. The highest BCUT2D eigenvalue weighted by molar-refractivity contribution is 7.98. The van der Waals surface area contributed by atoms with E-state index >= 15 is 0 Å². The minimum absolute atomic E-state index is 0.265. The molecule has 2 N–H and O–H groups in total. The van der Waals surface area contributed by atoms with Crippen LogP contribution in [0.25, 0.3) is 10.9 Å². The Morgan fingerprint density at radius 2 is 1.89 bits per heavy atom. The van der Waals surface area contributed by atoms with Crippen molar-refractivity contribution in [2.75, 3.05) is 11.6 Å². The molecule has 0 saturated heterocycles. The molecule has 0 spiro atoms.